The van der Waals surface area contributed by atoms with E-state index in [1.165, 1.54) is 55.3 Å². The fourth-order valence-corrected chi connectivity index (χ4v) is 4.11. The van der Waals surface area contributed by atoms with Gasteiger partial charge in [0.2, 0.25) is 0 Å². The smallest absolute Gasteiger partial charge is 0.272 e. The van der Waals surface area contributed by atoms with Crippen LogP contribution in [-0.2, 0) is 4.79 Å². The molecular formula is C21H29Cl2F3N2O. The molecule has 1 atom stereocenters. The van der Waals surface area contributed by atoms with Gasteiger partial charge in [-0.25, -0.2) is 10.0 Å². The second kappa shape index (κ2) is 11.4. The topological polar surface area (TPSA) is 23.6 Å². The maximum Gasteiger partial charge on any atom is 0.401 e. The fraction of sp³-hybridized carbons (Fsp3) is 0.667. The summed E-state index contributed by atoms with van der Waals surface area (Å²) in [6.07, 6.45) is 5.47. The quantitative estimate of drug-likeness (QED) is 0.329. The van der Waals surface area contributed by atoms with Crippen molar-refractivity contribution in [3.05, 3.63) is 28.2 Å². The highest BCUT2D eigenvalue weighted by Gasteiger charge is 2.53. The molecule has 29 heavy (non-hydrogen) atoms. The molecule has 0 aromatic heterocycles. The Morgan fingerprint density at radius 3 is 2.14 bits per heavy atom. The molecule has 0 N–H and O–H groups in total. The van der Waals surface area contributed by atoms with E-state index in [1.807, 2.05) is 0 Å². The number of carbonyl (C=O) groups excluding carboxylic acids is 1. The summed E-state index contributed by atoms with van der Waals surface area (Å²) in [5.41, 5.74) is 0.240. The van der Waals surface area contributed by atoms with Gasteiger partial charge in [-0.1, -0.05) is 81.5 Å². The number of alkyl halides is 3. The van der Waals surface area contributed by atoms with Gasteiger partial charge in [0.15, 0.2) is 0 Å². The number of nitrogens with zero attached hydrogens (tertiary/aromatic N) is 2. The molecule has 0 bridgehead atoms. The van der Waals surface area contributed by atoms with Crippen LogP contribution in [0.25, 0.3) is 0 Å². The Morgan fingerprint density at radius 1 is 1.00 bits per heavy atom. The Kier molecular flexibility index (Phi) is 9.57. The molecule has 1 unspecified atom stereocenters. The number of hydrogen-bond donors (Lipinski definition) is 0. The first kappa shape index (κ1) is 24.3. The molecule has 0 radical (unpaired) electrons. The van der Waals surface area contributed by atoms with Crippen LogP contribution < -0.4 is 5.01 Å². The Balaban J connectivity index is 1.94. The minimum absolute atomic E-state index is 0.158. The lowest BCUT2D eigenvalue weighted by Crippen LogP contribution is -2.40. The standard InChI is InChI=1S/C21H29Cl2F3N2O/c1-2-3-4-5-6-7-8-9-10-13-27-15-17(21(24,25)26)20(29)28(27)19-12-11-16(22)14-18(19)23/h11-12,14,17H,2-10,13,15H2,1H3. The van der Waals surface area contributed by atoms with E-state index in [9.17, 15) is 18.0 Å². The lowest BCUT2D eigenvalue weighted by molar-refractivity contribution is -0.175. The number of amides is 1. The summed E-state index contributed by atoms with van der Waals surface area (Å²) in [6.45, 7) is 2.19. The molecule has 1 aromatic carbocycles. The average molecular weight is 453 g/mol. The van der Waals surface area contributed by atoms with Crippen molar-refractivity contribution in [2.24, 2.45) is 5.92 Å². The number of hydrazine groups is 1. The summed E-state index contributed by atoms with van der Waals surface area (Å²) in [4.78, 5) is 12.5. The van der Waals surface area contributed by atoms with E-state index in [4.69, 9.17) is 23.2 Å². The highest BCUT2D eigenvalue weighted by atomic mass is 35.5. The van der Waals surface area contributed by atoms with Crippen LogP contribution in [0, 0.1) is 5.92 Å². The Hall–Kier alpha value is -0.980. The molecule has 8 heteroatoms. The van der Waals surface area contributed by atoms with Gasteiger partial charge in [0.25, 0.3) is 5.91 Å². The SMILES string of the molecule is CCCCCCCCCCCN1CC(C(F)(F)F)C(=O)N1c1ccc(Cl)cc1Cl. The number of unbranched alkanes of at least 4 members (excludes halogenated alkanes) is 8. The van der Waals surface area contributed by atoms with Crippen molar-refractivity contribution in [3.63, 3.8) is 0 Å². The molecule has 0 aliphatic carbocycles. The number of anilines is 1. The number of hydrogen-bond acceptors (Lipinski definition) is 2. The highest BCUT2D eigenvalue weighted by molar-refractivity contribution is 6.36. The summed E-state index contributed by atoms with van der Waals surface area (Å²) >= 11 is 12.1. The maximum atomic E-state index is 13.3. The van der Waals surface area contributed by atoms with E-state index < -0.39 is 18.0 Å². The van der Waals surface area contributed by atoms with Gasteiger partial charge in [-0.05, 0) is 24.6 Å². The summed E-state index contributed by atoms with van der Waals surface area (Å²) in [6, 6.07) is 4.45. The molecule has 164 valence electrons. The number of rotatable bonds is 11. The van der Waals surface area contributed by atoms with Crippen molar-refractivity contribution in [2.75, 3.05) is 18.1 Å². The van der Waals surface area contributed by atoms with Crippen molar-refractivity contribution in [2.45, 2.75) is 70.9 Å². The summed E-state index contributed by atoms with van der Waals surface area (Å²) in [7, 11) is 0. The van der Waals surface area contributed by atoms with Gasteiger partial charge in [0.1, 0.15) is 5.92 Å². The lowest BCUT2D eigenvalue weighted by Gasteiger charge is -2.28. The molecule has 1 aliphatic rings. The normalized spacial score (nSPS) is 18.1. The third kappa shape index (κ3) is 7.04. The second-order valence-corrected chi connectivity index (χ2v) is 8.42. The van der Waals surface area contributed by atoms with Gasteiger partial charge >= 0.3 is 6.18 Å². The predicted molar refractivity (Wildman–Crippen MR) is 112 cm³/mol. The van der Waals surface area contributed by atoms with Crippen LogP contribution in [0.5, 0.6) is 0 Å². The molecule has 1 saturated heterocycles. The third-order valence-corrected chi connectivity index (χ3v) is 5.77. The van der Waals surface area contributed by atoms with Crippen molar-refractivity contribution in [1.82, 2.24) is 5.01 Å². The zero-order valence-corrected chi connectivity index (χ0v) is 18.3. The number of benzene rings is 1. The maximum absolute atomic E-state index is 13.3. The Labute approximate surface area is 181 Å². The lowest BCUT2D eigenvalue weighted by atomic mass is 10.1. The van der Waals surface area contributed by atoms with Crippen LogP contribution in [0.4, 0.5) is 18.9 Å². The van der Waals surface area contributed by atoms with Crippen LogP contribution in [0.3, 0.4) is 0 Å². The number of carbonyl (C=O) groups is 1. The monoisotopic (exact) mass is 452 g/mol. The molecule has 3 nitrogen and oxygen atoms in total. The molecule has 1 amide bonds. The highest BCUT2D eigenvalue weighted by Crippen LogP contribution is 2.39. The first-order chi connectivity index (χ1) is 13.8. The molecule has 1 aromatic rings. The second-order valence-electron chi connectivity index (χ2n) is 7.58. The molecule has 1 heterocycles. The van der Waals surface area contributed by atoms with E-state index in [1.54, 1.807) is 0 Å². The molecule has 1 aliphatic heterocycles. The summed E-state index contributed by atoms with van der Waals surface area (Å²) < 4.78 is 40.0. The zero-order valence-electron chi connectivity index (χ0n) is 16.8. The van der Waals surface area contributed by atoms with Crippen LogP contribution in [-0.4, -0.2) is 30.2 Å². The first-order valence-corrected chi connectivity index (χ1v) is 11.1. The van der Waals surface area contributed by atoms with Gasteiger partial charge in [-0.3, -0.25) is 4.79 Å². The van der Waals surface area contributed by atoms with Gasteiger partial charge < -0.3 is 0 Å². The van der Waals surface area contributed by atoms with E-state index in [0.29, 0.717) is 11.6 Å². The Morgan fingerprint density at radius 2 is 1.59 bits per heavy atom. The fourth-order valence-electron chi connectivity index (χ4n) is 3.62. The molecule has 0 spiro atoms. The van der Waals surface area contributed by atoms with Gasteiger partial charge in [0.05, 0.1) is 10.7 Å². The first-order valence-electron chi connectivity index (χ1n) is 10.4. The van der Waals surface area contributed by atoms with Crippen LogP contribution in [0.2, 0.25) is 10.0 Å². The average Bonchev–Trinajstić information content (AvgIpc) is 2.97. The third-order valence-electron chi connectivity index (χ3n) is 5.24. The van der Waals surface area contributed by atoms with Crippen LogP contribution in [0.1, 0.15) is 64.7 Å². The van der Waals surface area contributed by atoms with E-state index in [0.717, 1.165) is 30.7 Å². The van der Waals surface area contributed by atoms with Crippen molar-refractivity contribution >= 4 is 34.8 Å². The molecule has 0 saturated carbocycles. The van der Waals surface area contributed by atoms with Crippen molar-refractivity contribution in [3.8, 4) is 0 Å². The van der Waals surface area contributed by atoms with Gasteiger partial charge in [-0.2, -0.15) is 13.2 Å². The van der Waals surface area contributed by atoms with E-state index >= 15 is 0 Å². The molecular weight excluding hydrogens is 424 g/mol. The van der Waals surface area contributed by atoms with Crippen molar-refractivity contribution < 1.29 is 18.0 Å². The number of halogens is 5. The predicted octanol–water partition coefficient (Wildman–Crippen LogP) is 7.27. The van der Waals surface area contributed by atoms with Gasteiger partial charge in [-0.15, -0.1) is 0 Å². The minimum Gasteiger partial charge on any atom is -0.272 e. The van der Waals surface area contributed by atoms with Crippen LogP contribution >= 0.6 is 23.2 Å². The zero-order chi connectivity index (χ0) is 21.4. The largest absolute Gasteiger partial charge is 0.401 e. The Bertz CT molecular complexity index is 670. The van der Waals surface area contributed by atoms with Crippen molar-refractivity contribution in [1.29, 1.82) is 0 Å². The van der Waals surface area contributed by atoms with E-state index in [2.05, 4.69) is 6.92 Å². The van der Waals surface area contributed by atoms with E-state index in [-0.39, 0.29) is 17.3 Å². The summed E-state index contributed by atoms with van der Waals surface area (Å²) in [5, 5.41) is 3.08. The summed E-state index contributed by atoms with van der Waals surface area (Å²) in [5.74, 6) is -3.02. The molecule has 2 rings (SSSR count). The van der Waals surface area contributed by atoms with Gasteiger partial charge in [0, 0.05) is 18.1 Å². The minimum atomic E-state index is -4.58. The molecule has 1 fully saturated rings. The van der Waals surface area contributed by atoms with Crippen LogP contribution in [0.15, 0.2) is 18.2 Å².